The summed E-state index contributed by atoms with van der Waals surface area (Å²) in [4.78, 5) is 34.1. The normalized spacial score (nSPS) is 18.9. The molecule has 2 fully saturated rings. The average molecular weight is 570 g/mol. The molecular formula is C27H26Cl2N6O2S. The van der Waals surface area contributed by atoms with Gasteiger partial charge in [0.05, 0.1) is 53.9 Å². The van der Waals surface area contributed by atoms with E-state index >= 15 is 0 Å². The van der Waals surface area contributed by atoms with Gasteiger partial charge in [0.15, 0.2) is 0 Å². The number of halogens is 2. The Balaban J connectivity index is 1.19. The van der Waals surface area contributed by atoms with Gasteiger partial charge < -0.3 is 9.64 Å². The fraction of sp³-hybridized carbons (Fsp3) is 0.370. The second-order valence-corrected chi connectivity index (χ2v) is 11.9. The van der Waals surface area contributed by atoms with E-state index in [0.717, 1.165) is 55.2 Å². The molecule has 6 rings (SSSR count). The highest BCUT2D eigenvalue weighted by Gasteiger charge is 2.41. The molecule has 1 atom stereocenters. The van der Waals surface area contributed by atoms with Crippen LogP contribution in [0.5, 0.6) is 0 Å². The highest BCUT2D eigenvalue weighted by atomic mass is 35.5. The van der Waals surface area contributed by atoms with Crippen LogP contribution in [0.25, 0.3) is 10.9 Å². The average Bonchev–Trinajstić information content (AvgIpc) is 3.28. The first-order valence-electron chi connectivity index (χ1n) is 12.5. The van der Waals surface area contributed by atoms with Crippen molar-refractivity contribution >= 4 is 51.7 Å². The van der Waals surface area contributed by atoms with E-state index in [1.807, 2.05) is 18.3 Å². The van der Waals surface area contributed by atoms with E-state index in [9.17, 15) is 4.79 Å². The highest BCUT2D eigenvalue weighted by molar-refractivity contribution is 7.99. The molecule has 0 aliphatic carbocycles. The Morgan fingerprint density at radius 2 is 1.95 bits per heavy atom. The van der Waals surface area contributed by atoms with Gasteiger partial charge in [-0.1, -0.05) is 35.0 Å². The molecule has 3 aromatic heterocycles. The Morgan fingerprint density at radius 3 is 2.66 bits per heavy atom. The molecule has 0 unspecified atom stereocenters. The summed E-state index contributed by atoms with van der Waals surface area (Å²) in [6, 6.07) is 7.20. The molecule has 2 aliphatic rings. The highest BCUT2D eigenvalue weighted by Crippen LogP contribution is 2.42. The minimum atomic E-state index is -0.221. The van der Waals surface area contributed by atoms with Crippen LogP contribution in [0.15, 0.2) is 63.9 Å². The van der Waals surface area contributed by atoms with Crippen LogP contribution in [-0.2, 0) is 11.3 Å². The lowest BCUT2D eigenvalue weighted by molar-refractivity contribution is 0.0976. The van der Waals surface area contributed by atoms with Crippen molar-refractivity contribution < 1.29 is 4.74 Å². The first kappa shape index (κ1) is 25.6. The van der Waals surface area contributed by atoms with Crippen molar-refractivity contribution in [3.63, 3.8) is 0 Å². The van der Waals surface area contributed by atoms with E-state index in [1.165, 1.54) is 22.7 Å². The molecule has 38 heavy (non-hydrogen) atoms. The number of anilines is 1. The van der Waals surface area contributed by atoms with Gasteiger partial charge in [0.1, 0.15) is 16.0 Å². The van der Waals surface area contributed by atoms with Gasteiger partial charge in [-0.25, -0.2) is 19.9 Å². The first-order chi connectivity index (χ1) is 18.4. The molecular weight excluding hydrogens is 543 g/mol. The van der Waals surface area contributed by atoms with Gasteiger partial charge in [0.2, 0.25) is 0 Å². The van der Waals surface area contributed by atoms with Gasteiger partial charge in [-0.2, -0.15) is 0 Å². The molecule has 0 saturated carbocycles. The topological polar surface area (TPSA) is 86.0 Å². The number of piperidine rings is 1. The van der Waals surface area contributed by atoms with E-state index in [2.05, 4.69) is 31.8 Å². The van der Waals surface area contributed by atoms with Crippen molar-refractivity contribution in [1.29, 1.82) is 0 Å². The molecule has 0 bridgehead atoms. The number of rotatable bonds is 5. The van der Waals surface area contributed by atoms with E-state index in [1.54, 1.807) is 24.5 Å². The Bertz CT molecular complexity index is 1540. The van der Waals surface area contributed by atoms with Crippen molar-refractivity contribution in [2.24, 2.45) is 5.41 Å². The zero-order valence-electron chi connectivity index (χ0n) is 20.8. The number of ether oxygens (including phenoxy) is 1. The number of pyridine rings is 1. The van der Waals surface area contributed by atoms with Crippen LogP contribution in [0.3, 0.4) is 0 Å². The zero-order chi connectivity index (χ0) is 26.3. The Hall–Kier alpha value is -2.72. The number of fused-ring (bicyclic) bond motifs is 1. The third-order valence-corrected chi connectivity index (χ3v) is 9.10. The zero-order valence-corrected chi connectivity index (χ0v) is 23.1. The number of nitrogens with zero attached hydrogens (tertiary/aromatic N) is 6. The Kier molecular flexibility index (Phi) is 7.03. The van der Waals surface area contributed by atoms with Crippen LogP contribution in [0.1, 0.15) is 31.7 Å². The minimum absolute atomic E-state index is 0.221. The molecule has 1 aromatic carbocycles. The molecule has 1 spiro atoms. The van der Waals surface area contributed by atoms with Crippen molar-refractivity contribution in [2.75, 3.05) is 24.6 Å². The summed E-state index contributed by atoms with van der Waals surface area (Å²) in [5.41, 5.74) is 1.49. The SMILES string of the molecule is C[C@H]1CC2(CCN(c3cnc(Sc4ccc5ncn(Cc6ccnc(Cl)c6)c(=O)c5c4Cl)cn3)CC2)CO1. The third kappa shape index (κ3) is 5.12. The molecule has 0 radical (unpaired) electrons. The first-order valence-corrected chi connectivity index (χ1v) is 14.1. The van der Waals surface area contributed by atoms with Gasteiger partial charge in [-0.05, 0) is 61.4 Å². The van der Waals surface area contributed by atoms with Gasteiger partial charge in [-0.15, -0.1) is 0 Å². The maximum atomic E-state index is 13.3. The van der Waals surface area contributed by atoms with Crippen LogP contribution >= 0.6 is 35.0 Å². The number of aromatic nitrogens is 5. The van der Waals surface area contributed by atoms with Crippen molar-refractivity contribution in [1.82, 2.24) is 24.5 Å². The minimum Gasteiger partial charge on any atom is -0.378 e. The van der Waals surface area contributed by atoms with E-state index in [4.69, 9.17) is 27.9 Å². The molecule has 2 aliphatic heterocycles. The van der Waals surface area contributed by atoms with Crippen molar-refractivity contribution in [3.8, 4) is 0 Å². The van der Waals surface area contributed by atoms with E-state index in [0.29, 0.717) is 44.2 Å². The molecule has 2 saturated heterocycles. The molecule has 8 nitrogen and oxygen atoms in total. The van der Waals surface area contributed by atoms with Gasteiger partial charge in [0, 0.05) is 24.2 Å². The van der Waals surface area contributed by atoms with Crippen molar-refractivity contribution in [2.45, 2.75) is 48.8 Å². The van der Waals surface area contributed by atoms with E-state index < -0.39 is 0 Å². The molecule has 196 valence electrons. The third-order valence-electron chi connectivity index (χ3n) is 7.41. The molecule has 11 heteroatoms. The summed E-state index contributed by atoms with van der Waals surface area (Å²) >= 11 is 14.1. The maximum absolute atomic E-state index is 13.3. The largest absolute Gasteiger partial charge is 0.378 e. The summed E-state index contributed by atoms with van der Waals surface area (Å²) in [6.45, 7) is 5.26. The second-order valence-electron chi connectivity index (χ2n) is 10.1. The molecule has 0 amide bonds. The van der Waals surface area contributed by atoms with Crippen LogP contribution in [-0.4, -0.2) is 50.3 Å². The number of hydrogen-bond donors (Lipinski definition) is 0. The van der Waals surface area contributed by atoms with Crippen LogP contribution in [0, 0.1) is 5.41 Å². The Morgan fingerprint density at radius 1 is 1.11 bits per heavy atom. The number of benzene rings is 1. The summed E-state index contributed by atoms with van der Waals surface area (Å²) in [5, 5.41) is 1.80. The van der Waals surface area contributed by atoms with Gasteiger partial charge in [-0.3, -0.25) is 9.36 Å². The lowest BCUT2D eigenvalue weighted by Crippen LogP contribution is -2.41. The Labute approximate surface area is 234 Å². The van der Waals surface area contributed by atoms with Gasteiger partial charge in [0.25, 0.3) is 5.56 Å². The van der Waals surface area contributed by atoms with Crippen LogP contribution < -0.4 is 10.5 Å². The lowest BCUT2D eigenvalue weighted by atomic mass is 9.77. The summed E-state index contributed by atoms with van der Waals surface area (Å²) in [5.74, 6) is 0.879. The predicted octanol–water partition coefficient (Wildman–Crippen LogP) is 5.48. The predicted molar refractivity (Wildman–Crippen MR) is 149 cm³/mol. The van der Waals surface area contributed by atoms with Crippen LogP contribution in [0.4, 0.5) is 5.82 Å². The molecule has 4 aromatic rings. The second kappa shape index (κ2) is 10.4. The van der Waals surface area contributed by atoms with Gasteiger partial charge >= 0.3 is 0 Å². The molecule has 5 heterocycles. The summed E-state index contributed by atoms with van der Waals surface area (Å²) in [7, 11) is 0. The standard InChI is InChI=1S/C27H26Cl2N6O2S/c1-17-11-27(15-37-17)5-8-34(9-6-27)22-12-32-23(13-31-22)38-20-3-2-19-24(25(20)29)26(36)35(16-33-19)14-18-4-7-30-21(28)10-18/h2-4,7,10,12-13,16-17H,5-6,8-9,11,14-15H2,1H3/t17-/m0/s1. The lowest BCUT2D eigenvalue weighted by Gasteiger charge is -2.38. The smallest absolute Gasteiger partial charge is 0.263 e. The van der Waals surface area contributed by atoms with Crippen molar-refractivity contribution in [3.05, 3.63) is 75.3 Å². The van der Waals surface area contributed by atoms with Crippen LogP contribution in [0.2, 0.25) is 10.2 Å². The quantitative estimate of drug-likeness (QED) is 0.292. The maximum Gasteiger partial charge on any atom is 0.263 e. The molecule has 0 N–H and O–H groups in total. The fourth-order valence-corrected chi connectivity index (χ4v) is 6.67. The van der Waals surface area contributed by atoms with E-state index in [-0.39, 0.29) is 5.56 Å². The summed E-state index contributed by atoms with van der Waals surface area (Å²) in [6.07, 6.45) is 10.4. The fourth-order valence-electron chi connectivity index (χ4n) is 5.36. The number of hydrogen-bond acceptors (Lipinski definition) is 8. The summed E-state index contributed by atoms with van der Waals surface area (Å²) < 4.78 is 7.37. The monoisotopic (exact) mass is 568 g/mol.